The van der Waals surface area contributed by atoms with E-state index in [-0.39, 0.29) is 7.02 Å². The predicted octanol–water partition coefficient (Wildman–Crippen LogP) is 1.43. The Hall–Kier alpha value is 0.687. The van der Waals surface area contributed by atoms with Crippen molar-refractivity contribution in [3.63, 3.8) is 0 Å². The molecule has 6 heavy (non-hydrogen) atoms. The fourth-order valence-electron chi connectivity index (χ4n) is 0.154. The molecule has 0 atom stereocenters. The van der Waals surface area contributed by atoms with Crippen molar-refractivity contribution in [2.75, 3.05) is 0 Å². The summed E-state index contributed by atoms with van der Waals surface area (Å²) in [5.74, 6) is 0. The molecule has 0 heterocycles. The van der Waals surface area contributed by atoms with Crippen LogP contribution >= 0.6 is 21.8 Å². The Morgan fingerprint density at radius 1 is 1.67 bits per heavy atom. The second-order valence-electron chi connectivity index (χ2n) is 1.44. The number of allylic oxidation sites excluding steroid dienone is 1. The van der Waals surface area contributed by atoms with E-state index in [0.717, 1.165) is 0 Å². The Kier molecular flexibility index (Phi) is 4.30. The first-order valence-electron chi connectivity index (χ1n) is 1.96. The molecule has 0 unspecified atom stereocenters. The molecular weight excluding hydrogens is 203 g/mol. The molecule has 0 aliphatic heterocycles. The molecule has 0 amide bonds. The highest BCUT2D eigenvalue weighted by Gasteiger charge is 1.69. The van der Waals surface area contributed by atoms with Gasteiger partial charge >= 0.3 is 0 Å². The molecule has 0 saturated heterocycles. The zero-order valence-corrected chi connectivity index (χ0v) is 7.73. The van der Waals surface area contributed by atoms with E-state index in [2.05, 4.69) is 41.3 Å². The number of halogens is 1. The summed E-state index contributed by atoms with van der Waals surface area (Å²) in [7, 11) is 0.174. The van der Waals surface area contributed by atoms with Gasteiger partial charge in [0.15, 0.2) is 0 Å². The second kappa shape index (κ2) is 3.86. The van der Waals surface area contributed by atoms with Crippen LogP contribution in [-0.4, -0.2) is 7.02 Å². The SMILES string of the molecule is CC(C)=C[SiH2]I. The van der Waals surface area contributed by atoms with Crippen LogP contribution in [0.15, 0.2) is 11.3 Å². The molecule has 0 spiro atoms. The lowest BCUT2D eigenvalue weighted by atomic mass is 10.4. The van der Waals surface area contributed by atoms with Crippen LogP contribution in [0.5, 0.6) is 0 Å². The van der Waals surface area contributed by atoms with Gasteiger partial charge in [0.2, 0.25) is 0 Å². The van der Waals surface area contributed by atoms with Gasteiger partial charge in [0, 0.05) is 0 Å². The summed E-state index contributed by atoms with van der Waals surface area (Å²) in [5.41, 5.74) is 3.80. The molecule has 0 rings (SSSR count). The van der Waals surface area contributed by atoms with Crippen molar-refractivity contribution < 1.29 is 0 Å². The van der Waals surface area contributed by atoms with Crippen molar-refractivity contribution in [3.8, 4) is 0 Å². The minimum absolute atomic E-state index is 0.174. The van der Waals surface area contributed by atoms with Crippen molar-refractivity contribution in [2.24, 2.45) is 0 Å². The van der Waals surface area contributed by atoms with Crippen LogP contribution in [0.1, 0.15) is 13.8 Å². The Bertz CT molecular complexity index is 54.6. The van der Waals surface area contributed by atoms with Crippen LogP contribution in [-0.2, 0) is 0 Å². The van der Waals surface area contributed by atoms with E-state index in [0.29, 0.717) is 0 Å². The molecule has 0 N–H and O–H groups in total. The van der Waals surface area contributed by atoms with Crippen LogP contribution in [0.3, 0.4) is 0 Å². The second-order valence-corrected chi connectivity index (χ2v) is 4.80. The van der Waals surface area contributed by atoms with E-state index in [1.165, 1.54) is 5.57 Å². The van der Waals surface area contributed by atoms with Gasteiger partial charge in [-0.2, -0.15) is 0 Å². The lowest BCUT2D eigenvalue weighted by molar-refractivity contribution is 1.41. The molecule has 0 fully saturated rings. The molecule has 0 aromatic rings. The highest BCUT2D eigenvalue weighted by molar-refractivity contribution is 14.1. The summed E-state index contributed by atoms with van der Waals surface area (Å²) in [6.07, 6.45) is 0. The third-order valence-electron chi connectivity index (χ3n) is 0.485. The van der Waals surface area contributed by atoms with Gasteiger partial charge in [0.05, 0.1) is 0 Å². The van der Waals surface area contributed by atoms with Gasteiger partial charge in [-0.3, -0.25) is 0 Å². The third kappa shape index (κ3) is 4.69. The van der Waals surface area contributed by atoms with E-state index in [1.807, 2.05) is 0 Å². The summed E-state index contributed by atoms with van der Waals surface area (Å²) in [6, 6.07) is 0. The van der Waals surface area contributed by atoms with E-state index in [1.54, 1.807) is 0 Å². The van der Waals surface area contributed by atoms with Gasteiger partial charge in [-0.15, -0.1) is 21.8 Å². The Balaban J connectivity index is 3.14. The van der Waals surface area contributed by atoms with Crippen molar-refractivity contribution >= 4 is 28.8 Å². The average molecular weight is 212 g/mol. The van der Waals surface area contributed by atoms with Gasteiger partial charge in [0.1, 0.15) is 7.02 Å². The number of hydrogen-bond acceptors (Lipinski definition) is 0. The molecule has 0 aliphatic rings. The van der Waals surface area contributed by atoms with Crippen LogP contribution in [0.2, 0.25) is 0 Å². The van der Waals surface area contributed by atoms with Crippen LogP contribution < -0.4 is 0 Å². The molecule has 0 aromatic heterocycles. The van der Waals surface area contributed by atoms with Crippen molar-refractivity contribution in [1.82, 2.24) is 0 Å². The summed E-state index contributed by atoms with van der Waals surface area (Å²) in [5, 5.41) is 0. The number of rotatable bonds is 1. The normalized spacial score (nSPS) is 9.83. The van der Waals surface area contributed by atoms with E-state index in [9.17, 15) is 0 Å². The largest absolute Gasteiger partial charge is 0.122 e. The lowest BCUT2D eigenvalue weighted by Gasteiger charge is -1.78. The first-order chi connectivity index (χ1) is 2.77. The average Bonchev–Trinajstić information content (AvgIpc) is 1.35. The van der Waals surface area contributed by atoms with Crippen molar-refractivity contribution in [2.45, 2.75) is 13.8 Å². The molecule has 36 valence electrons. The third-order valence-corrected chi connectivity index (χ3v) is 2.78. The molecule has 0 nitrogen and oxygen atoms in total. The van der Waals surface area contributed by atoms with E-state index >= 15 is 0 Å². The van der Waals surface area contributed by atoms with Crippen molar-refractivity contribution in [1.29, 1.82) is 0 Å². The maximum Gasteiger partial charge on any atom is 0.117 e. The Morgan fingerprint density at radius 2 is 2.17 bits per heavy atom. The fraction of sp³-hybridized carbons (Fsp3) is 0.500. The molecule has 0 bridgehead atoms. The quantitative estimate of drug-likeness (QED) is 0.350. The molecule has 0 aromatic carbocycles. The van der Waals surface area contributed by atoms with Gasteiger partial charge in [-0.05, 0) is 13.8 Å². The molecule has 0 aliphatic carbocycles. The Morgan fingerprint density at radius 3 is 2.17 bits per heavy atom. The Labute approximate surface area is 54.1 Å². The molecule has 2 heteroatoms. The minimum atomic E-state index is 0.174. The molecule has 0 radical (unpaired) electrons. The van der Waals surface area contributed by atoms with Gasteiger partial charge in [-0.1, -0.05) is 11.3 Å². The topological polar surface area (TPSA) is 0 Å². The highest BCUT2D eigenvalue weighted by atomic mass is 127. The first kappa shape index (κ1) is 6.69. The summed E-state index contributed by atoms with van der Waals surface area (Å²) in [6.45, 7) is 4.29. The zero-order valence-electron chi connectivity index (χ0n) is 4.16. The van der Waals surface area contributed by atoms with Crippen LogP contribution in [0.25, 0.3) is 0 Å². The van der Waals surface area contributed by atoms with Crippen LogP contribution in [0.4, 0.5) is 0 Å². The molecular formula is C4H9ISi. The van der Waals surface area contributed by atoms with Crippen LogP contribution in [0, 0.1) is 0 Å². The molecule has 0 saturated carbocycles. The summed E-state index contributed by atoms with van der Waals surface area (Å²) >= 11 is 2.47. The maximum absolute atomic E-state index is 2.47. The van der Waals surface area contributed by atoms with E-state index in [4.69, 9.17) is 0 Å². The van der Waals surface area contributed by atoms with Gasteiger partial charge in [-0.25, -0.2) is 0 Å². The van der Waals surface area contributed by atoms with Crippen molar-refractivity contribution in [3.05, 3.63) is 11.3 Å². The fourth-order valence-corrected chi connectivity index (χ4v) is 3.11. The zero-order chi connectivity index (χ0) is 4.99. The minimum Gasteiger partial charge on any atom is -0.122 e. The van der Waals surface area contributed by atoms with E-state index < -0.39 is 0 Å². The lowest BCUT2D eigenvalue weighted by Crippen LogP contribution is -1.66. The van der Waals surface area contributed by atoms with Gasteiger partial charge in [0.25, 0.3) is 0 Å². The first-order valence-corrected chi connectivity index (χ1v) is 7.89. The smallest absolute Gasteiger partial charge is 0.117 e. The summed E-state index contributed by atoms with van der Waals surface area (Å²) in [4.78, 5) is 0. The monoisotopic (exact) mass is 212 g/mol. The standard InChI is InChI=1S/C4H9ISi/c1-4(2)3-6-5/h3H,6H2,1-2H3. The predicted molar refractivity (Wildman–Crippen MR) is 42.0 cm³/mol. The van der Waals surface area contributed by atoms with Gasteiger partial charge < -0.3 is 0 Å². The summed E-state index contributed by atoms with van der Waals surface area (Å²) < 4.78 is 0. The highest BCUT2D eigenvalue weighted by Crippen LogP contribution is 1.87. The maximum atomic E-state index is 2.47. The number of hydrogen-bond donors (Lipinski definition) is 0.